The molecule has 100 valence electrons. The van der Waals surface area contributed by atoms with E-state index in [0.717, 1.165) is 37.2 Å². The molecule has 0 aliphatic carbocycles. The molecule has 1 aliphatic heterocycles. The van der Waals surface area contributed by atoms with Gasteiger partial charge in [-0.15, -0.1) is 0 Å². The van der Waals surface area contributed by atoms with Crippen LogP contribution in [0.15, 0.2) is 35.0 Å². The first-order valence-corrected chi connectivity index (χ1v) is 6.45. The van der Waals surface area contributed by atoms with Crippen LogP contribution in [0, 0.1) is 5.82 Å². The fourth-order valence-corrected chi connectivity index (χ4v) is 2.40. The first-order chi connectivity index (χ1) is 9.24. The van der Waals surface area contributed by atoms with Crippen molar-refractivity contribution in [3.63, 3.8) is 0 Å². The summed E-state index contributed by atoms with van der Waals surface area (Å²) in [6.45, 7) is 1.80. The molecule has 3 rings (SSSR count). The van der Waals surface area contributed by atoms with Crippen LogP contribution in [0.3, 0.4) is 0 Å². The molecule has 0 amide bonds. The van der Waals surface area contributed by atoms with Gasteiger partial charge in [-0.2, -0.15) is 0 Å². The average Bonchev–Trinajstić information content (AvgIpc) is 2.90. The molecule has 2 heterocycles. The summed E-state index contributed by atoms with van der Waals surface area (Å²) in [5.74, 6) is 0.434. The highest BCUT2D eigenvalue weighted by atomic mass is 19.1. The van der Waals surface area contributed by atoms with E-state index in [-0.39, 0.29) is 11.9 Å². The van der Waals surface area contributed by atoms with E-state index in [9.17, 15) is 4.39 Å². The molecular formula is C14H16FN3O. The normalized spacial score (nSPS) is 16.8. The molecule has 5 heteroatoms. The maximum Gasteiger partial charge on any atom is 0.190 e. The molecule has 2 aromatic rings. The molecule has 1 aromatic heterocycles. The van der Waals surface area contributed by atoms with E-state index < -0.39 is 0 Å². The van der Waals surface area contributed by atoms with Crippen LogP contribution in [0.1, 0.15) is 12.8 Å². The number of hydrogen-bond acceptors (Lipinski definition) is 4. The third kappa shape index (κ3) is 2.46. The van der Waals surface area contributed by atoms with Gasteiger partial charge in [0.05, 0.1) is 6.20 Å². The monoisotopic (exact) mass is 261 g/mol. The van der Waals surface area contributed by atoms with Gasteiger partial charge >= 0.3 is 0 Å². The zero-order chi connectivity index (χ0) is 13.2. The van der Waals surface area contributed by atoms with Crippen molar-refractivity contribution in [2.24, 2.45) is 5.73 Å². The van der Waals surface area contributed by atoms with Crippen molar-refractivity contribution in [1.29, 1.82) is 0 Å². The molecule has 1 aliphatic rings. The Kier molecular flexibility index (Phi) is 3.21. The van der Waals surface area contributed by atoms with Gasteiger partial charge in [0.15, 0.2) is 5.76 Å². The predicted molar refractivity (Wildman–Crippen MR) is 71.3 cm³/mol. The van der Waals surface area contributed by atoms with Gasteiger partial charge in [0, 0.05) is 24.7 Å². The lowest BCUT2D eigenvalue weighted by Crippen LogP contribution is -2.39. The van der Waals surface area contributed by atoms with Crippen molar-refractivity contribution < 1.29 is 8.91 Å². The van der Waals surface area contributed by atoms with E-state index >= 15 is 0 Å². The van der Waals surface area contributed by atoms with Crippen LogP contribution in [-0.4, -0.2) is 24.3 Å². The van der Waals surface area contributed by atoms with Gasteiger partial charge in [0.25, 0.3) is 0 Å². The third-order valence-corrected chi connectivity index (χ3v) is 3.54. The van der Waals surface area contributed by atoms with Gasteiger partial charge in [-0.3, -0.25) is 0 Å². The first-order valence-electron chi connectivity index (χ1n) is 6.45. The van der Waals surface area contributed by atoms with Crippen molar-refractivity contribution in [3.05, 3.63) is 36.3 Å². The second kappa shape index (κ2) is 5.01. The summed E-state index contributed by atoms with van der Waals surface area (Å²) < 4.78 is 18.3. The summed E-state index contributed by atoms with van der Waals surface area (Å²) in [7, 11) is 0. The number of hydrogen-bond donors (Lipinski definition) is 1. The smallest absolute Gasteiger partial charge is 0.190 e. The Labute approximate surface area is 111 Å². The number of nitrogens with two attached hydrogens (primary N) is 1. The zero-order valence-corrected chi connectivity index (χ0v) is 10.6. The van der Waals surface area contributed by atoms with E-state index in [2.05, 4.69) is 10.1 Å². The summed E-state index contributed by atoms with van der Waals surface area (Å²) in [5, 5.41) is 3.87. The van der Waals surface area contributed by atoms with Gasteiger partial charge in [0.1, 0.15) is 11.5 Å². The van der Waals surface area contributed by atoms with Gasteiger partial charge in [0.2, 0.25) is 0 Å². The van der Waals surface area contributed by atoms with Crippen molar-refractivity contribution in [2.45, 2.75) is 18.9 Å². The number of benzene rings is 1. The molecule has 0 unspecified atom stereocenters. The molecule has 0 bridgehead atoms. The molecule has 0 atom stereocenters. The zero-order valence-electron chi connectivity index (χ0n) is 10.6. The maximum absolute atomic E-state index is 13.0. The van der Waals surface area contributed by atoms with Crippen molar-refractivity contribution >= 4 is 5.69 Å². The number of aromatic nitrogens is 1. The molecule has 2 N–H and O–H groups in total. The molecule has 19 heavy (non-hydrogen) atoms. The number of piperidine rings is 1. The molecule has 1 saturated heterocycles. The Morgan fingerprint density at radius 1 is 1.21 bits per heavy atom. The summed E-state index contributed by atoms with van der Waals surface area (Å²) in [6.07, 6.45) is 3.65. The number of nitrogens with zero attached hydrogens (tertiary/aromatic N) is 2. The Morgan fingerprint density at radius 2 is 1.89 bits per heavy atom. The molecule has 0 radical (unpaired) electrons. The van der Waals surface area contributed by atoms with Crippen LogP contribution in [0.25, 0.3) is 11.3 Å². The average molecular weight is 261 g/mol. The van der Waals surface area contributed by atoms with Crippen LogP contribution < -0.4 is 10.6 Å². The number of anilines is 1. The highest BCUT2D eigenvalue weighted by Crippen LogP contribution is 2.32. The van der Waals surface area contributed by atoms with Crippen molar-refractivity contribution in [2.75, 3.05) is 18.0 Å². The Balaban J connectivity index is 1.88. The van der Waals surface area contributed by atoms with Crippen LogP contribution in [0.4, 0.5) is 10.1 Å². The van der Waals surface area contributed by atoms with Crippen LogP contribution >= 0.6 is 0 Å². The molecule has 1 fully saturated rings. The van der Waals surface area contributed by atoms with E-state index in [4.69, 9.17) is 10.3 Å². The minimum atomic E-state index is -0.256. The first kappa shape index (κ1) is 12.2. The van der Waals surface area contributed by atoms with Gasteiger partial charge in [-0.1, -0.05) is 5.16 Å². The Morgan fingerprint density at radius 3 is 2.58 bits per heavy atom. The molecule has 1 aromatic carbocycles. The van der Waals surface area contributed by atoms with E-state index in [1.165, 1.54) is 12.1 Å². The quantitative estimate of drug-likeness (QED) is 0.902. The lowest BCUT2D eigenvalue weighted by molar-refractivity contribution is 0.431. The number of rotatable bonds is 2. The van der Waals surface area contributed by atoms with Crippen LogP contribution in [0.2, 0.25) is 0 Å². The highest BCUT2D eigenvalue weighted by molar-refractivity contribution is 5.72. The molecular weight excluding hydrogens is 245 g/mol. The van der Waals surface area contributed by atoms with Crippen LogP contribution in [0.5, 0.6) is 0 Å². The lowest BCUT2D eigenvalue weighted by Gasteiger charge is -2.31. The molecule has 0 spiro atoms. The summed E-state index contributed by atoms with van der Waals surface area (Å²) in [5.41, 5.74) is 7.70. The SMILES string of the molecule is NC1CCN(c2cnoc2-c2ccc(F)cc2)CC1. The van der Waals surface area contributed by atoms with Gasteiger partial charge < -0.3 is 15.2 Å². The predicted octanol–water partition coefficient (Wildman–Crippen LogP) is 2.41. The topological polar surface area (TPSA) is 55.3 Å². The van der Waals surface area contributed by atoms with E-state index in [1.54, 1.807) is 18.3 Å². The Hall–Kier alpha value is -1.88. The van der Waals surface area contributed by atoms with Crippen molar-refractivity contribution in [3.8, 4) is 11.3 Å². The van der Waals surface area contributed by atoms with Crippen molar-refractivity contribution in [1.82, 2.24) is 5.16 Å². The largest absolute Gasteiger partial charge is 0.367 e. The lowest BCUT2D eigenvalue weighted by atomic mass is 10.0. The van der Waals surface area contributed by atoms with Gasteiger partial charge in [-0.05, 0) is 37.1 Å². The highest BCUT2D eigenvalue weighted by Gasteiger charge is 2.21. The molecule has 4 nitrogen and oxygen atoms in total. The number of halogens is 1. The second-order valence-electron chi connectivity index (χ2n) is 4.87. The van der Waals surface area contributed by atoms with Crippen LogP contribution in [-0.2, 0) is 0 Å². The third-order valence-electron chi connectivity index (χ3n) is 3.54. The summed E-state index contributed by atoms with van der Waals surface area (Å²) in [4.78, 5) is 2.22. The molecule has 0 saturated carbocycles. The Bertz CT molecular complexity index is 544. The van der Waals surface area contributed by atoms with Gasteiger partial charge in [-0.25, -0.2) is 4.39 Å². The summed E-state index contributed by atoms with van der Waals surface area (Å²) in [6, 6.07) is 6.54. The van der Waals surface area contributed by atoms with E-state index in [1.807, 2.05) is 0 Å². The minimum absolute atomic E-state index is 0.256. The van der Waals surface area contributed by atoms with E-state index in [0.29, 0.717) is 5.76 Å². The maximum atomic E-state index is 13.0. The fourth-order valence-electron chi connectivity index (χ4n) is 2.40. The second-order valence-corrected chi connectivity index (χ2v) is 4.87. The fraction of sp³-hybridized carbons (Fsp3) is 0.357. The summed E-state index contributed by atoms with van der Waals surface area (Å²) >= 11 is 0. The standard InChI is InChI=1S/C14H16FN3O/c15-11-3-1-10(2-4-11)14-13(9-17-19-14)18-7-5-12(16)6-8-18/h1-4,9,12H,5-8,16H2. The minimum Gasteiger partial charge on any atom is -0.367 e.